The predicted octanol–water partition coefficient (Wildman–Crippen LogP) is 4.64. The van der Waals surface area contributed by atoms with Crippen molar-refractivity contribution in [1.29, 1.82) is 0 Å². The maximum Gasteiger partial charge on any atom is 0.289 e. The third kappa shape index (κ3) is 2.77. The van der Waals surface area contributed by atoms with E-state index in [4.69, 9.17) is 4.74 Å². The molecule has 0 saturated carbocycles. The molecule has 2 unspecified atom stereocenters. The molecule has 0 radical (unpaired) electrons. The lowest BCUT2D eigenvalue weighted by Gasteiger charge is -2.46. The summed E-state index contributed by atoms with van der Waals surface area (Å²) in [5.41, 5.74) is 1.56. The number of rotatable bonds is 2. The van der Waals surface area contributed by atoms with Crippen LogP contribution in [0.25, 0.3) is 6.08 Å². The molecular weight excluding hydrogens is 378 g/mol. The van der Waals surface area contributed by atoms with Gasteiger partial charge >= 0.3 is 0 Å². The van der Waals surface area contributed by atoms with Crippen molar-refractivity contribution in [2.75, 3.05) is 11.5 Å². The molecule has 4 aliphatic rings. The number of amides is 2. The number of nitrogens with zero attached hydrogens (tertiary/aromatic N) is 1. The molecule has 5 rings (SSSR count). The molecule has 6 heteroatoms. The molecule has 2 atom stereocenters. The van der Waals surface area contributed by atoms with Crippen LogP contribution < -0.4 is 4.74 Å². The van der Waals surface area contributed by atoms with Gasteiger partial charge in [-0.15, -0.1) is 11.8 Å². The van der Waals surface area contributed by atoms with Crippen LogP contribution in [0.4, 0.5) is 4.79 Å². The van der Waals surface area contributed by atoms with Crippen molar-refractivity contribution in [3.05, 3.63) is 58.5 Å². The van der Waals surface area contributed by atoms with Crippen molar-refractivity contribution in [1.82, 2.24) is 4.90 Å². The van der Waals surface area contributed by atoms with Crippen LogP contribution in [0.5, 0.6) is 5.75 Å². The SMILES string of the molecule is O=C1CSC(=O)N1C1(C2C=Cc3ccccc3O2)C=CC2=C(CCCS2)C1. The molecule has 1 fully saturated rings. The Kier molecular flexibility index (Phi) is 4.20. The highest BCUT2D eigenvalue weighted by molar-refractivity contribution is 8.14. The predicted molar refractivity (Wildman–Crippen MR) is 110 cm³/mol. The first-order valence-corrected chi connectivity index (χ1v) is 11.1. The Hall–Kier alpha value is -1.92. The van der Waals surface area contributed by atoms with Gasteiger partial charge in [0.25, 0.3) is 5.24 Å². The van der Waals surface area contributed by atoms with E-state index in [-0.39, 0.29) is 16.9 Å². The molecule has 2 amide bonds. The third-order valence-corrected chi connectivity index (χ3v) is 7.58. The Balaban J connectivity index is 1.59. The van der Waals surface area contributed by atoms with Crippen LogP contribution in [-0.2, 0) is 4.79 Å². The van der Waals surface area contributed by atoms with E-state index in [9.17, 15) is 9.59 Å². The van der Waals surface area contributed by atoms with Crippen molar-refractivity contribution in [3.63, 3.8) is 0 Å². The summed E-state index contributed by atoms with van der Waals surface area (Å²) in [5.74, 6) is 2.00. The van der Waals surface area contributed by atoms with E-state index in [0.29, 0.717) is 6.42 Å². The first-order valence-electron chi connectivity index (χ1n) is 9.15. The largest absolute Gasteiger partial charge is 0.483 e. The second kappa shape index (κ2) is 6.60. The molecule has 0 spiro atoms. The molecule has 138 valence electrons. The number of para-hydroxylation sites is 1. The summed E-state index contributed by atoms with van der Waals surface area (Å²) >= 11 is 2.95. The Morgan fingerprint density at radius 3 is 2.89 bits per heavy atom. The van der Waals surface area contributed by atoms with Crippen LogP contribution >= 0.6 is 23.5 Å². The van der Waals surface area contributed by atoms with Crippen molar-refractivity contribution in [3.8, 4) is 5.75 Å². The lowest BCUT2D eigenvalue weighted by atomic mass is 9.78. The van der Waals surface area contributed by atoms with E-state index in [2.05, 4.69) is 6.08 Å². The smallest absolute Gasteiger partial charge is 0.289 e. The van der Waals surface area contributed by atoms with Gasteiger partial charge in [0, 0.05) is 16.9 Å². The fraction of sp³-hybridized carbons (Fsp3) is 0.333. The summed E-state index contributed by atoms with van der Waals surface area (Å²) < 4.78 is 6.34. The monoisotopic (exact) mass is 397 g/mol. The highest BCUT2D eigenvalue weighted by atomic mass is 32.2. The van der Waals surface area contributed by atoms with Crippen LogP contribution in [-0.4, -0.2) is 39.2 Å². The first kappa shape index (κ1) is 17.2. The molecule has 0 bridgehead atoms. The third-order valence-electron chi connectivity index (χ3n) is 5.53. The number of thioether (sulfide) groups is 2. The molecule has 1 aliphatic carbocycles. The van der Waals surface area contributed by atoms with Gasteiger partial charge in [0.15, 0.2) is 0 Å². The van der Waals surface area contributed by atoms with Gasteiger partial charge in [-0.05, 0) is 30.7 Å². The van der Waals surface area contributed by atoms with E-state index in [0.717, 1.165) is 41.7 Å². The second-order valence-electron chi connectivity index (χ2n) is 7.14. The molecule has 4 nitrogen and oxygen atoms in total. The Morgan fingerprint density at radius 2 is 2.04 bits per heavy atom. The number of benzene rings is 1. The van der Waals surface area contributed by atoms with Crippen molar-refractivity contribution in [2.45, 2.75) is 30.9 Å². The minimum atomic E-state index is -0.793. The highest BCUT2D eigenvalue weighted by Gasteiger charge is 2.52. The van der Waals surface area contributed by atoms with Gasteiger partial charge in [-0.25, -0.2) is 0 Å². The van der Waals surface area contributed by atoms with E-state index in [1.165, 1.54) is 15.4 Å². The van der Waals surface area contributed by atoms with Gasteiger partial charge in [0.05, 0.1) is 5.75 Å². The van der Waals surface area contributed by atoms with Gasteiger partial charge < -0.3 is 4.74 Å². The number of carbonyl (C=O) groups excluding carboxylic acids is 2. The second-order valence-corrected chi connectivity index (χ2v) is 9.20. The van der Waals surface area contributed by atoms with Crippen molar-refractivity contribution in [2.24, 2.45) is 0 Å². The lowest BCUT2D eigenvalue weighted by Crippen LogP contribution is -2.59. The van der Waals surface area contributed by atoms with Crippen molar-refractivity contribution >= 4 is 40.7 Å². The Labute approximate surface area is 166 Å². The average molecular weight is 398 g/mol. The number of imide groups is 1. The number of hydrogen-bond donors (Lipinski definition) is 0. The molecule has 3 aliphatic heterocycles. The fourth-order valence-corrected chi connectivity index (χ4v) is 6.08. The summed E-state index contributed by atoms with van der Waals surface area (Å²) in [6.07, 6.45) is 10.6. The topological polar surface area (TPSA) is 46.6 Å². The molecule has 1 saturated heterocycles. The van der Waals surface area contributed by atoms with E-state index >= 15 is 0 Å². The standard InChI is InChI=1S/C21H19NO3S2/c23-19-13-27-20(24)22(19)21(10-9-17-15(12-21)5-3-11-26-17)18-8-7-14-4-1-2-6-16(14)25-18/h1-2,4,6-10,18H,3,5,11-13H2. The lowest BCUT2D eigenvalue weighted by molar-refractivity contribution is -0.129. The first-order chi connectivity index (χ1) is 13.2. The van der Waals surface area contributed by atoms with Gasteiger partial charge in [-0.3, -0.25) is 14.5 Å². The van der Waals surface area contributed by atoms with Gasteiger partial charge in [0.1, 0.15) is 17.4 Å². The Morgan fingerprint density at radius 1 is 1.15 bits per heavy atom. The zero-order valence-corrected chi connectivity index (χ0v) is 16.4. The molecule has 27 heavy (non-hydrogen) atoms. The minimum Gasteiger partial charge on any atom is -0.483 e. The van der Waals surface area contributed by atoms with Crippen LogP contribution in [0.1, 0.15) is 24.8 Å². The zero-order valence-electron chi connectivity index (χ0n) is 14.7. The van der Waals surface area contributed by atoms with E-state index in [1.807, 2.05) is 54.3 Å². The molecule has 1 aromatic rings. The summed E-state index contributed by atoms with van der Waals surface area (Å²) in [7, 11) is 0. The summed E-state index contributed by atoms with van der Waals surface area (Å²) in [6.45, 7) is 0. The normalized spacial score (nSPS) is 29.6. The molecule has 1 aromatic carbocycles. The van der Waals surface area contributed by atoms with Crippen molar-refractivity contribution < 1.29 is 14.3 Å². The van der Waals surface area contributed by atoms with Gasteiger partial charge in [-0.2, -0.15) is 0 Å². The average Bonchev–Trinajstić information content (AvgIpc) is 3.06. The van der Waals surface area contributed by atoms with Crippen LogP contribution in [0.15, 0.2) is 53.0 Å². The van der Waals surface area contributed by atoms with E-state index < -0.39 is 11.6 Å². The fourth-order valence-electron chi connectivity index (χ4n) is 4.25. The number of allylic oxidation sites excluding steroid dienone is 1. The van der Waals surface area contributed by atoms with E-state index in [1.54, 1.807) is 0 Å². The number of carbonyl (C=O) groups is 2. The molecule has 0 aromatic heterocycles. The van der Waals surface area contributed by atoms with Crippen LogP contribution in [0.3, 0.4) is 0 Å². The zero-order chi connectivity index (χ0) is 18.4. The number of hydrogen-bond acceptors (Lipinski definition) is 5. The highest BCUT2D eigenvalue weighted by Crippen LogP contribution is 2.47. The van der Waals surface area contributed by atoms with Crippen LogP contribution in [0, 0.1) is 0 Å². The summed E-state index contributed by atoms with van der Waals surface area (Å²) in [4.78, 5) is 28.1. The van der Waals surface area contributed by atoms with Crippen LogP contribution in [0.2, 0.25) is 0 Å². The molecule has 0 N–H and O–H groups in total. The van der Waals surface area contributed by atoms with Gasteiger partial charge in [-0.1, -0.05) is 53.8 Å². The number of fused-ring (bicyclic) bond motifs is 1. The molecule has 3 heterocycles. The minimum absolute atomic E-state index is 0.127. The Bertz CT molecular complexity index is 904. The maximum atomic E-state index is 12.7. The summed E-state index contributed by atoms with van der Waals surface area (Å²) in [6, 6.07) is 7.87. The summed E-state index contributed by atoms with van der Waals surface area (Å²) in [5, 5.41) is -0.173. The quantitative estimate of drug-likeness (QED) is 0.728. The molecular formula is C21H19NO3S2. The van der Waals surface area contributed by atoms with Gasteiger partial charge in [0.2, 0.25) is 5.91 Å². The number of ether oxygens (including phenoxy) is 1. The maximum absolute atomic E-state index is 12.7.